The molecule has 1 aromatic carbocycles. The number of fused-ring (bicyclic) bond motifs is 3. The lowest BCUT2D eigenvalue weighted by Crippen LogP contribution is -2.40. The number of carbonyl (C=O) groups is 1. The molecule has 1 N–H and O–H groups in total. The van der Waals surface area contributed by atoms with Gasteiger partial charge in [-0.3, -0.25) is 19.6 Å². The van der Waals surface area contributed by atoms with Crippen LogP contribution in [-0.4, -0.2) is 26.7 Å². The second-order valence-electron chi connectivity index (χ2n) is 7.81. The third-order valence-corrected chi connectivity index (χ3v) is 6.21. The van der Waals surface area contributed by atoms with Crippen molar-refractivity contribution in [3.63, 3.8) is 0 Å². The number of nitro benzene ring substituents is 1. The third kappa shape index (κ3) is 3.18. The topological polar surface area (TPSA) is 90.1 Å². The first-order valence-electron chi connectivity index (χ1n) is 9.40. The van der Waals surface area contributed by atoms with Crippen LogP contribution in [0.15, 0.2) is 24.4 Å². The fourth-order valence-electron chi connectivity index (χ4n) is 4.90. The molecule has 0 saturated heterocycles. The summed E-state index contributed by atoms with van der Waals surface area (Å²) >= 11 is 0. The molecule has 2 aliphatic rings. The Kier molecular flexibility index (Phi) is 4.38. The minimum atomic E-state index is -0.416. The van der Waals surface area contributed by atoms with Crippen molar-refractivity contribution in [2.24, 2.45) is 17.8 Å². The van der Waals surface area contributed by atoms with Crippen LogP contribution in [0.5, 0.6) is 0 Å². The molecule has 2 aromatic rings. The first-order chi connectivity index (χ1) is 12.5. The van der Waals surface area contributed by atoms with E-state index in [2.05, 4.69) is 17.3 Å². The Bertz CT molecular complexity index is 846. The van der Waals surface area contributed by atoms with Gasteiger partial charge in [0.25, 0.3) is 5.69 Å². The van der Waals surface area contributed by atoms with Crippen molar-refractivity contribution in [3.8, 4) is 0 Å². The third-order valence-electron chi connectivity index (χ3n) is 6.21. The van der Waals surface area contributed by atoms with E-state index in [1.807, 2.05) is 0 Å². The van der Waals surface area contributed by atoms with Gasteiger partial charge in [-0.2, -0.15) is 5.10 Å². The second kappa shape index (κ2) is 6.70. The highest BCUT2D eigenvalue weighted by molar-refractivity contribution is 5.81. The monoisotopic (exact) mass is 356 g/mol. The summed E-state index contributed by atoms with van der Waals surface area (Å²) in [6, 6.07) is 4.89. The van der Waals surface area contributed by atoms with E-state index < -0.39 is 4.92 Å². The second-order valence-corrected chi connectivity index (χ2v) is 7.81. The van der Waals surface area contributed by atoms with Gasteiger partial charge >= 0.3 is 0 Å². The number of amides is 1. The zero-order valence-electron chi connectivity index (χ0n) is 14.9. The summed E-state index contributed by atoms with van der Waals surface area (Å²) in [5, 5.41) is 19.2. The molecule has 2 fully saturated rings. The zero-order chi connectivity index (χ0) is 18.3. The van der Waals surface area contributed by atoms with Crippen LogP contribution >= 0.6 is 0 Å². The van der Waals surface area contributed by atoms with E-state index in [0.717, 1.165) is 17.2 Å². The quantitative estimate of drug-likeness (QED) is 0.635. The molecule has 26 heavy (non-hydrogen) atoms. The molecule has 138 valence electrons. The van der Waals surface area contributed by atoms with Crippen LogP contribution in [0, 0.1) is 27.9 Å². The molecule has 7 heteroatoms. The van der Waals surface area contributed by atoms with Gasteiger partial charge in [-0.1, -0.05) is 6.42 Å². The standard InChI is InChI=1S/C19H24N4O3/c1-12(17-9-13-2-3-14(17)8-13)21-19(24)6-7-22-18-10-16(23(25)26)5-4-15(18)11-20-22/h4-5,10-14,17H,2-3,6-9H2,1H3,(H,21,24)/t12-,13-,14-,17-/m0/s1. The lowest BCUT2D eigenvalue weighted by atomic mass is 9.84. The molecule has 0 radical (unpaired) electrons. The van der Waals surface area contributed by atoms with Gasteiger partial charge < -0.3 is 5.32 Å². The van der Waals surface area contributed by atoms with Gasteiger partial charge in [-0.15, -0.1) is 0 Å². The molecular weight excluding hydrogens is 332 g/mol. The lowest BCUT2D eigenvalue weighted by Gasteiger charge is -2.28. The van der Waals surface area contributed by atoms with Gasteiger partial charge in [-0.05, 0) is 50.0 Å². The molecule has 2 bridgehead atoms. The predicted octanol–water partition coefficient (Wildman–Crippen LogP) is 3.28. The average Bonchev–Trinajstić information content (AvgIpc) is 3.34. The van der Waals surface area contributed by atoms with E-state index in [0.29, 0.717) is 24.4 Å². The summed E-state index contributed by atoms with van der Waals surface area (Å²) < 4.78 is 1.67. The highest BCUT2D eigenvalue weighted by Crippen LogP contribution is 2.49. The van der Waals surface area contributed by atoms with Gasteiger partial charge in [0.15, 0.2) is 0 Å². The van der Waals surface area contributed by atoms with Crippen molar-refractivity contribution in [1.82, 2.24) is 15.1 Å². The Balaban J connectivity index is 1.36. The summed E-state index contributed by atoms with van der Waals surface area (Å²) in [5.74, 6) is 2.29. The normalized spacial score (nSPS) is 25.5. The Morgan fingerprint density at radius 3 is 2.96 bits per heavy atom. The highest BCUT2D eigenvalue weighted by Gasteiger charge is 2.42. The van der Waals surface area contributed by atoms with E-state index >= 15 is 0 Å². The van der Waals surface area contributed by atoms with Gasteiger partial charge in [0.05, 0.1) is 23.2 Å². The van der Waals surface area contributed by atoms with Crippen molar-refractivity contribution in [3.05, 3.63) is 34.5 Å². The zero-order valence-corrected chi connectivity index (χ0v) is 14.9. The van der Waals surface area contributed by atoms with Crippen LogP contribution in [0.3, 0.4) is 0 Å². The minimum absolute atomic E-state index is 0.0226. The number of nitro groups is 1. The van der Waals surface area contributed by atoms with Crippen LogP contribution in [-0.2, 0) is 11.3 Å². The van der Waals surface area contributed by atoms with Crippen molar-refractivity contribution in [1.29, 1.82) is 0 Å². The minimum Gasteiger partial charge on any atom is -0.353 e. The van der Waals surface area contributed by atoms with Crippen LogP contribution in [0.2, 0.25) is 0 Å². The molecule has 2 aliphatic carbocycles. The van der Waals surface area contributed by atoms with Crippen molar-refractivity contribution < 1.29 is 9.72 Å². The summed E-state index contributed by atoms with van der Waals surface area (Å²) in [6.07, 6.45) is 7.26. The van der Waals surface area contributed by atoms with Crippen molar-refractivity contribution in [2.45, 2.75) is 51.6 Å². The summed E-state index contributed by atoms with van der Waals surface area (Å²) in [5.41, 5.74) is 0.724. The van der Waals surface area contributed by atoms with E-state index in [1.54, 1.807) is 16.9 Å². The maximum absolute atomic E-state index is 12.4. The molecule has 0 aliphatic heterocycles. The number of non-ortho nitro benzene ring substituents is 1. The average molecular weight is 356 g/mol. The maximum atomic E-state index is 12.4. The Hall–Kier alpha value is -2.44. The number of hydrogen-bond donors (Lipinski definition) is 1. The van der Waals surface area contributed by atoms with Crippen molar-refractivity contribution in [2.75, 3.05) is 0 Å². The molecule has 1 heterocycles. The molecular formula is C19H24N4O3. The number of aromatic nitrogens is 2. The van der Waals surface area contributed by atoms with Gasteiger partial charge in [0, 0.05) is 30.0 Å². The molecule has 2 saturated carbocycles. The first kappa shape index (κ1) is 17.0. The number of carbonyl (C=O) groups excluding carboxylic acids is 1. The van der Waals surface area contributed by atoms with Crippen LogP contribution in [0.4, 0.5) is 5.69 Å². The fourth-order valence-corrected chi connectivity index (χ4v) is 4.90. The molecule has 0 unspecified atom stereocenters. The van der Waals surface area contributed by atoms with Crippen molar-refractivity contribution >= 4 is 22.5 Å². The molecule has 7 nitrogen and oxygen atoms in total. The van der Waals surface area contributed by atoms with Crippen LogP contribution in [0.25, 0.3) is 10.9 Å². The Labute approximate surface area is 151 Å². The Morgan fingerprint density at radius 1 is 1.42 bits per heavy atom. The highest BCUT2D eigenvalue weighted by atomic mass is 16.6. The van der Waals surface area contributed by atoms with Crippen LogP contribution < -0.4 is 5.32 Å². The number of benzene rings is 1. The summed E-state index contributed by atoms with van der Waals surface area (Å²) in [6.45, 7) is 2.54. The molecule has 1 amide bonds. The number of rotatable bonds is 6. The van der Waals surface area contributed by atoms with Gasteiger partial charge in [0.1, 0.15) is 0 Å². The number of nitrogens with zero attached hydrogens (tertiary/aromatic N) is 3. The number of nitrogens with one attached hydrogen (secondary N) is 1. The summed E-state index contributed by atoms with van der Waals surface area (Å²) in [7, 11) is 0. The molecule has 1 aromatic heterocycles. The van der Waals surface area contributed by atoms with Gasteiger partial charge in [-0.25, -0.2) is 0 Å². The molecule has 0 spiro atoms. The van der Waals surface area contributed by atoms with Gasteiger partial charge in [0.2, 0.25) is 5.91 Å². The lowest BCUT2D eigenvalue weighted by molar-refractivity contribution is -0.384. The number of hydrogen-bond acceptors (Lipinski definition) is 4. The predicted molar refractivity (Wildman–Crippen MR) is 97.5 cm³/mol. The SMILES string of the molecule is C[C@H](NC(=O)CCn1ncc2ccc([N+](=O)[O-])cc21)[C@@H]1C[C@H]2CC[C@H]1C2. The van der Waals surface area contributed by atoms with E-state index in [9.17, 15) is 14.9 Å². The number of aryl methyl sites for hydroxylation is 1. The molecule has 4 rings (SSSR count). The van der Waals surface area contributed by atoms with E-state index in [4.69, 9.17) is 0 Å². The maximum Gasteiger partial charge on any atom is 0.271 e. The summed E-state index contributed by atoms with van der Waals surface area (Å²) in [4.78, 5) is 22.9. The van der Waals surface area contributed by atoms with E-state index in [-0.39, 0.29) is 17.6 Å². The molecule has 4 atom stereocenters. The Morgan fingerprint density at radius 2 is 2.27 bits per heavy atom. The fraction of sp³-hybridized carbons (Fsp3) is 0.579. The largest absolute Gasteiger partial charge is 0.353 e. The van der Waals surface area contributed by atoms with E-state index in [1.165, 1.54) is 37.8 Å². The smallest absolute Gasteiger partial charge is 0.271 e. The van der Waals surface area contributed by atoms with Crippen LogP contribution in [0.1, 0.15) is 39.0 Å². The first-order valence-corrected chi connectivity index (χ1v) is 9.40.